The van der Waals surface area contributed by atoms with Gasteiger partial charge in [-0.3, -0.25) is 9.59 Å². The van der Waals surface area contributed by atoms with Gasteiger partial charge in [-0.2, -0.15) is 0 Å². The summed E-state index contributed by atoms with van der Waals surface area (Å²) in [4.78, 5) is 22.8. The molecule has 92 valence electrons. The number of hydrogen-bond acceptors (Lipinski definition) is 4. The second-order valence-electron chi connectivity index (χ2n) is 3.26. The molecule has 1 atom stereocenters. The third-order valence-corrected chi connectivity index (χ3v) is 1.99. The minimum absolute atomic E-state index is 0.0804. The molecule has 0 aliphatic carbocycles. The first-order valence-electron chi connectivity index (χ1n) is 5.59. The van der Waals surface area contributed by atoms with Gasteiger partial charge in [0.2, 0.25) is 0 Å². The molecule has 0 saturated heterocycles. The fraction of sp³-hybridized carbons (Fsp3) is 0.667. The Hall–Kier alpha value is -1.32. The first kappa shape index (κ1) is 14.7. The zero-order chi connectivity index (χ0) is 12.4. The van der Waals surface area contributed by atoms with Crippen LogP contribution in [0.3, 0.4) is 0 Å². The predicted octanol–water partition coefficient (Wildman–Crippen LogP) is 2.09. The lowest BCUT2D eigenvalue weighted by molar-refractivity contribution is -0.154. The first-order valence-corrected chi connectivity index (χ1v) is 5.59. The summed E-state index contributed by atoms with van der Waals surface area (Å²) in [6.45, 7) is 6.01. The van der Waals surface area contributed by atoms with Crippen LogP contribution >= 0.6 is 0 Å². The summed E-state index contributed by atoms with van der Waals surface area (Å²) in [5, 5.41) is 0. The molecule has 0 spiro atoms. The van der Waals surface area contributed by atoms with Crippen molar-refractivity contribution >= 4 is 11.9 Å². The van der Waals surface area contributed by atoms with E-state index in [1.165, 1.54) is 0 Å². The highest BCUT2D eigenvalue weighted by molar-refractivity contribution is 5.80. The zero-order valence-corrected chi connectivity index (χ0v) is 10.2. The SMILES string of the molecule is C/C=C/CC(CC(=O)OCC)C(=O)OCC. The van der Waals surface area contributed by atoms with E-state index in [4.69, 9.17) is 9.47 Å². The molecule has 0 radical (unpaired) electrons. The summed E-state index contributed by atoms with van der Waals surface area (Å²) in [5.41, 5.74) is 0. The average molecular weight is 228 g/mol. The van der Waals surface area contributed by atoms with E-state index in [2.05, 4.69) is 0 Å². The van der Waals surface area contributed by atoms with Crippen molar-refractivity contribution in [2.75, 3.05) is 13.2 Å². The molecule has 4 nitrogen and oxygen atoms in total. The Morgan fingerprint density at radius 3 is 2.31 bits per heavy atom. The Kier molecular flexibility index (Phi) is 8.21. The van der Waals surface area contributed by atoms with E-state index in [0.717, 1.165) is 0 Å². The molecular formula is C12H20O4. The van der Waals surface area contributed by atoms with Gasteiger partial charge in [0.1, 0.15) is 0 Å². The Morgan fingerprint density at radius 2 is 1.81 bits per heavy atom. The summed E-state index contributed by atoms with van der Waals surface area (Å²) < 4.78 is 9.71. The molecule has 0 fully saturated rings. The Balaban J connectivity index is 4.29. The van der Waals surface area contributed by atoms with E-state index in [9.17, 15) is 9.59 Å². The van der Waals surface area contributed by atoms with Crippen molar-refractivity contribution in [3.05, 3.63) is 12.2 Å². The van der Waals surface area contributed by atoms with Crippen molar-refractivity contribution in [3.8, 4) is 0 Å². The third-order valence-electron chi connectivity index (χ3n) is 1.99. The van der Waals surface area contributed by atoms with Crippen molar-refractivity contribution in [1.82, 2.24) is 0 Å². The lowest BCUT2D eigenvalue weighted by Crippen LogP contribution is -2.21. The molecule has 0 heterocycles. The summed E-state index contributed by atoms with van der Waals surface area (Å²) in [6.07, 6.45) is 4.28. The van der Waals surface area contributed by atoms with Crippen LogP contribution in [-0.4, -0.2) is 25.2 Å². The average Bonchev–Trinajstić information content (AvgIpc) is 2.24. The summed E-state index contributed by atoms with van der Waals surface area (Å²) in [5.74, 6) is -1.13. The molecule has 0 rings (SSSR count). The van der Waals surface area contributed by atoms with E-state index >= 15 is 0 Å². The van der Waals surface area contributed by atoms with Gasteiger partial charge in [-0.1, -0.05) is 12.2 Å². The largest absolute Gasteiger partial charge is 0.466 e. The van der Waals surface area contributed by atoms with E-state index in [0.29, 0.717) is 19.6 Å². The molecule has 0 aliphatic rings. The standard InChI is InChI=1S/C12H20O4/c1-4-7-8-10(12(14)16-6-3)9-11(13)15-5-2/h4,7,10H,5-6,8-9H2,1-3H3/b7-4+. The minimum Gasteiger partial charge on any atom is -0.466 e. The summed E-state index contributed by atoms with van der Waals surface area (Å²) >= 11 is 0. The molecular weight excluding hydrogens is 208 g/mol. The number of rotatable bonds is 7. The smallest absolute Gasteiger partial charge is 0.309 e. The van der Waals surface area contributed by atoms with Crippen molar-refractivity contribution in [3.63, 3.8) is 0 Å². The van der Waals surface area contributed by atoms with Crippen LogP contribution in [0.1, 0.15) is 33.6 Å². The molecule has 4 heteroatoms. The Bertz CT molecular complexity index is 245. The van der Waals surface area contributed by atoms with Gasteiger partial charge in [0.15, 0.2) is 0 Å². The monoisotopic (exact) mass is 228 g/mol. The maximum Gasteiger partial charge on any atom is 0.309 e. The highest BCUT2D eigenvalue weighted by atomic mass is 16.5. The highest BCUT2D eigenvalue weighted by Gasteiger charge is 2.22. The van der Waals surface area contributed by atoms with E-state index in [1.807, 2.05) is 19.1 Å². The van der Waals surface area contributed by atoms with E-state index in [1.54, 1.807) is 13.8 Å². The highest BCUT2D eigenvalue weighted by Crippen LogP contribution is 2.13. The molecule has 0 aromatic carbocycles. The van der Waals surface area contributed by atoms with Crippen LogP contribution in [0, 0.1) is 5.92 Å². The van der Waals surface area contributed by atoms with Crippen LogP contribution in [0.5, 0.6) is 0 Å². The van der Waals surface area contributed by atoms with Gasteiger partial charge in [0.25, 0.3) is 0 Å². The van der Waals surface area contributed by atoms with Gasteiger partial charge >= 0.3 is 11.9 Å². The number of carbonyl (C=O) groups excluding carboxylic acids is 2. The van der Waals surface area contributed by atoms with Crippen LogP contribution in [-0.2, 0) is 19.1 Å². The summed E-state index contributed by atoms with van der Waals surface area (Å²) in [7, 11) is 0. The predicted molar refractivity (Wildman–Crippen MR) is 60.8 cm³/mol. The maximum absolute atomic E-state index is 11.5. The quantitative estimate of drug-likeness (QED) is 0.494. The first-order chi connectivity index (χ1) is 7.65. The molecule has 0 aromatic heterocycles. The van der Waals surface area contributed by atoms with Crippen molar-refractivity contribution in [1.29, 1.82) is 0 Å². The second-order valence-corrected chi connectivity index (χ2v) is 3.26. The number of hydrogen-bond donors (Lipinski definition) is 0. The minimum atomic E-state index is -0.435. The van der Waals surface area contributed by atoms with Crippen LogP contribution in [0.4, 0.5) is 0 Å². The van der Waals surface area contributed by atoms with Gasteiger partial charge < -0.3 is 9.47 Å². The molecule has 0 aromatic rings. The van der Waals surface area contributed by atoms with Crippen LogP contribution < -0.4 is 0 Å². The molecule has 0 N–H and O–H groups in total. The number of carbonyl (C=O) groups is 2. The van der Waals surface area contributed by atoms with Gasteiger partial charge in [0, 0.05) is 0 Å². The van der Waals surface area contributed by atoms with Crippen LogP contribution in [0.25, 0.3) is 0 Å². The zero-order valence-electron chi connectivity index (χ0n) is 10.2. The second kappa shape index (κ2) is 8.95. The van der Waals surface area contributed by atoms with E-state index < -0.39 is 5.92 Å². The maximum atomic E-state index is 11.5. The van der Waals surface area contributed by atoms with Gasteiger partial charge in [-0.25, -0.2) is 0 Å². The number of ether oxygens (including phenoxy) is 2. The van der Waals surface area contributed by atoms with Gasteiger partial charge in [0.05, 0.1) is 25.6 Å². The molecule has 0 saturated carbocycles. The molecule has 0 bridgehead atoms. The number of esters is 2. The van der Waals surface area contributed by atoms with E-state index in [-0.39, 0.29) is 18.4 Å². The Labute approximate surface area is 96.6 Å². The number of allylic oxidation sites excluding steroid dienone is 2. The van der Waals surface area contributed by atoms with Crippen molar-refractivity contribution in [2.45, 2.75) is 33.6 Å². The fourth-order valence-corrected chi connectivity index (χ4v) is 1.24. The Morgan fingerprint density at radius 1 is 1.19 bits per heavy atom. The van der Waals surface area contributed by atoms with Gasteiger partial charge in [-0.15, -0.1) is 0 Å². The topological polar surface area (TPSA) is 52.6 Å². The fourth-order valence-electron chi connectivity index (χ4n) is 1.24. The van der Waals surface area contributed by atoms with Crippen LogP contribution in [0.15, 0.2) is 12.2 Å². The lowest BCUT2D eigenvalue weighted by atomic mass is 10.0. The molecule has 0 amide bonds. The normalized spacial score (nSPS) is 12.4. The summed E-state index contributed by atoms with van der Waals surface area (Å²) in [6, 6.07) is 0. The van der Waals surface area contributed by atoms with Crippen LogP contribution in [0.2, 0.25) is 0 Å². The molecule has 16 heavy (non-hydrogen) atoms. The van der Waals surface area contributed by atoms with Gasteiger partial charge in [-0.05, 0) is 27.2 Å². The molecule has 1 unspecified atom stereocenters. The molecule has 0 aliphatic heterocycles. The third kappa shape index (κ3) is 6.22. The lowest BCUT2D eigenvalue weighted by Gasteiger charge is -2.12. The van der Waals surface area contributed by atoms with Crippen molar-refractivity contribution < 1.29 is 19.1 Å². The van der Waals surface area contributed by atoms with Crippen molar-refractivity contribution in [2.24, 2.45) is 5.92 Å².